The minimum Gasteiger partial charge on any atom is -0.481 e. The molecule has 6 nitrogen and oxygen atoms in total. The van der Waals surface area contributed by atoms with Crippen LogP contribution in [0.15, 0.2) is 0 Å². The van der Waals surface area contributed by atoms with Crippen LogP contribution in [0.5, 0.6) is 0 Å². The molecule has 0 spiro atoms. The smallest absolute Gasteiger partial charge is 0.307 e. The van der Waals surface area contributed by atoms with Gasteiger partial charge in [-0.15, -0.1) is 0 Å². The molecule has 7 heteroatoms. The number of hydrogen-bond donors (Lipinski definition) is 1. The molecule has 0 aromatic rings. The molecule has 96 valence electrons. The summed E-state index contributed by atoms with van der Waals surface area (Å²) in [5, 5.41) is 16.5. The normalized spacial score (nSPS) is 24.8. The van der Waals surface area contributed by atoms with E-state index in [4.69, 9.17) is 10.4 Å². The summed E-state index contributed by atoms with van der Waals surface area (Å²) < 4.78 is 25.3. The Morgan fingerprint density at radius 2 is 2.18 bits per heavy atom. The standard InChI is InChI=1S/C10H16N2O4S/c1-12(7-3-6-11)17(15,16)9-5-2-4-8(9)10(13)14/h8-9H,2-5,7H2,1H3,(H,13,14). The van der Waals surface area contributed by atoms with Gasteiger partial charge in [0.1, 0.15) is 0 Å². The Morgan fingerprint density at radius 3 is 2.71 bits per heavy atom. The number of carboxylic acids is 1. The van der Waals surface area contributed by atoms with Crippen LogP contribution in [0.1, 0.15) is 25.7 Å². The summed E-state index contributed by atoms with van der Waals surface area (Å²) >= 11 is 0. The van der Waals surface area contributed by atoms with E-state index in [-0.39, 0.29) is 13.0 Å². The van der Waals surface area contributed by atoms with Crippen LogP contribution < -0.4 is 0 Å². The molecule has 1 aliphatic carbocycles. The van der Waals surface area contributed by atoms with E-state index >= 15 is 0 Å². The fourth-order valence-corrected chi connectivity index (χ4v) is 4.07. The number of sulfonamides is 1. The van der Waals surface area contributed by atoms with E-state index in [9.17, 15) is 13.2 Å². The quantitative estimate of drug-likeness (QED) is 0.772. The summed E-state index contributed by atoms with van der Waals surface area (Å²) in [6.07, 6.45) is 1.52. The van der Waals surface area contributed by atoms with Gasteiger partial charge in [-0.05, 0) is 12.8 Å². The lowest BCUT2D eigenvalue weighted by Crippen LogP contribution is -2.40. The lowest BCUT2D eigenvalue weighted by Gasteiger charge is -2.23. The third kappa shape index (κ3) is 2.96. The molecule has 2 unspecified atom stereocenters. The molecule has 0 aromatic carbocycles. The minimum atomic E-state index is -3.60. The molecule has 1 rings (SSSR count). The number of carboxylic acid groups (broad SMARTS) is 1. The highest BCUT2D eigenvalue weighted by atomic mass is 32.2. The Labute approximate surface area is 101 Å². The highest BCUT2D eigenvalue weighted by Crippen LogP contribution is 2.32. The van der Waals surface area contributed by atoms with Gasteiger partial charge in [0, 0.05) is 20.0 Å². The zero-order valence-corrected chi connectivity index (χ0v) is 10.5. The topological polar surface area (TPSA) is 98.5 Å². The van der Waals surface area contributed by atoms with Crippen LogP contribution in [0, 0.1) is 17.2 Å². The molecule has 0 aromatic heterocycles. The number of aliphatic carboxylic acids is 1. The number of hydrogen-bond acceptors (Lipinski definition) is 4. The summed E-state index contributed by atoms with van der Waals surface area (Å²) in [5.41, 5.74) is 0. The SMILES string of the molecule is CN(CCC#N)S(=O)(=O)C1CCCC1C(=O)O. The van der Waals surface area contributed by atoms with Gasteiger partial charge in [-0.3, -0.25) is 4.79 Å². The van der Waals surface area contributed by atoms with Crippen LogP contribution in [-0.4, -0.2) is 42.6 Å². The van der Waals surface area contributed by atoms with E-state index in [1.807, 2.05) is 6.07 Å². The summed E-state index contributed by atoms with van der Waals surface area (Å²) in [6.45, 7) is 0.113. The van der Waals surface area contributed by atoms with Crippen LogP contribution in [-0.2, 0) is 14.8 Å². The van der Waals surface area contributed by atoms with Crippen molar-refractivity contribution in [3.05, 3.63) is 0 Å². The fraction of sp³-hybridized carbons (Fsp3) is 0.800. The van der Waals surface area contributed by atoms with Crippen LogP contribution in [0.3, 0.4) is 0 Å². The molecule has 0 radical (unpaired) electrons. The van der Waals surface area contributed by atoms with E-state index in [1.165, 1.54) is 7.05 Å². The minimum absolute atomic E-state index is 0.111. The maximum Gasteiger partial charge on any atom is 0.307 e. The molecular formula is C10H16N2O4S. The van der Waals surface area contributed by atoms with Crippen molar-refractivity contribution in [2.75, 3.05) is 13.6 Å². The summed E-state index contributed by atoms with van der Waals surface area (Å²) in [7, 11) is -2.21. The first kappa shape index (κ1) is 13.9. The van der Waals surface area contributed by atoms with Crippen LogP contribution in [0.2, 0.25) is 0 Å². The van der Waals surface area contributed by atoms with Gasteiger partial charge in [-0.2, -0.15) is 5.26 Å². The van der Waals surface area contributed by atoms with Gasteiger partial charge in [0.2, 0.25) is 10.0 Å². The number of nitrogens with zero attached hydrogens (tertiary/aromatic N) is 2. The van der Waals surface area contributed by atoms with Crippen molar-refractivity contribution in [3.63, 3.8) is 0 Å². The van der Waals surface area contributed by atoms with Crippen molar-refractivity contribution in [2.24, 2.45) is 5.92 Å². The van der Waals surface area contributed by atoms with Gasteiger partial charge in [0.15, 0.2) is 0 Å². The van der Waals surface area contributed by atoms with Crippen molar-refractivity contribution >= 4 is 16.0 Å². The maximum atomic E-state index is 12.1. The maximum absolute atomic E-state index is 12.1. The second kappa shape index (κ2) is 5.47. The molecule has 1 saturated carbocycles. The Bertz CT molecular complexity index is 426. The highest BCUT2D eigenvalue weighted by molar-refractivity contribution is 7.89. The van der Waals surface area contributed by atoms with Gasteiger partial charge in [0.05, 0.1) is 17.2 Å². The lowest BCUT2D eigenvalue weighted by atomic mass is 10.1. The zero-order valence-electron chi connectivity index (χ0n) is 9.66. The average molecular weight is 260 g/mol. The van der Waals surface area contributed by atoms with E-state index in [2.05, 4.69) is 0 Å². The molecule has 0 aliphatic heterocycles. The van der Waals surface area contributed by atoms with E-state index in [0.29, 0.717) is 19.3 Å². The highest BCUT2D eigenvalue weighted by Gasteiger charge is 2.43. The van der Waals surface area contributed by atoms with Crippen molar-refractivity contribution in [2.45, 2.75) is 30.9 Å². The molecule has 1 fully saturated rings. The van der Waals surface area contributed by atoms with Crippen molar-refractivity contribution in [1.82, 2.24) is 4.31 Å². The molecule has 0 saturated heterocycles. The first-order valence-electron chi connectivity index (χ1n) is 5.46. The van der Waals surface area contributed by atoms with Gasteiger partial charge >= 0.3 is 5.97 Å². The predicted molar refractivity (Wildman–Crippen MR) is 60.5 cm³/mol. The van der Waals surface area contributed by atoms with Crippen molar-refractivity contribution in [3.8, 4) is 6.07 Å². The Hall–Kier alpha value is -1.13. The zero-order chi connectivity index (χ0) is 13.1. The predicted octanol–water partition coefficient (Wildman–Crippen LogP) is 0.415. The second-order valence-electron chi connectivity index (χ2n) is 4.19. The van der Waals surface area contributed by atoms with E-state index in [1.54, 1.807) is 0 Å². The summed E-state index contributed by atoms with van der Waals surface area (Å²) in [6, 6.07) is 1.87. The van der Waals surface area contributed by atoms with Crippen molar-refractivity contribution < 1.29 is 18.3 Å². The molecular weight excluding hydrogens is 244 g/mol. The third-order valence-electron chi connectivity index (χ3n) is 3.13. The first-order valence-corrected chi connectivity index (χ1v) is 6.96. The van der Waals surface area contributed by atoms with Gasteiger partial charge in [0.25, 0.3) is 0 Å². The number of carbonyl (C=O) groups is 1. The Balaban J connectivity index is 2.83. The number of rotatable bonds is 5. The summed E-state index contributed by atoms with van der Waals surface area (Å²) in [4.78, 5) is 11.0. The molecule has 1 aliphatic rings. The van der Waals surface area contributed by atoms with E-state index in [0.717, 1.165) is 4.31 Å². The van der Waals surface area contributed by atoms with Gasteiger partial charge in [-0.1, -0.05) is 6.42 Å². The van der Waals surface area contributed by atoms with Crippen LogP contribution >= 0.6 is 0 Å². The Kier molecular flexibility index (Phi) is 4.48. The van der Waals surface area contributed by atoms with Crippen LogP contribution in [0.4, 0.5) is 0 Å². The average Bonchev–Trinajstić information content (AvgIpc) is 2.75. The lowest BCUT2D eigenvalue weighted by molar-refractivity contribution is -0.141. The third-order valence-corrected chi connectivity index (χ3v) is 5.51. The molecule has 0 heterocycles. The van der Waals surface area contributed by atoms with E-state index < -0.39 is 27.2 Å². The first-order chi connectivity index (χ1) is 7.91. The Morgan fingerprint density at radius 1 is 1.53 bits per heavy atom. The number of nitriles is 1. The molecule has 0 amide bonds. The van der Waals surface area contributed by atoms with Gasteiger partial charge in [-0.25, -0.2) is 12.7 Å². The largest absolute Gasteiger partial charge is 0.481 e. The molecule has 17 heavy (non-hydrogen) atoms. The van der Waals surface area contributed by atoms with Gasteiger partial charge < -0.3 is 5.11 Å². The monoisotopic (exact) mass is 260 g/mol. The summed E-state index contributed by atoms with van der Waals surface area (Å²) in [5.74, 6) is -1.87. The molecule has 1 N–H and O–H groups in total. The molecule has 0 bridgehead atoms. The fourth-order valence-electron chi connectivity index (χ4n) is 2.13. The van der Waals surface area contributed by atoms with Crippen molar-refractivity contribution in [1.29, 1.82) is 5.26 Å². The second-order valence-corrected chi connectivity index (χ2v) is 6.45. The molecule has 2 atom stereocenters. The van der Waals surface area contributed by atoms with Crippen LogP contribution in [0.25, 0.3) is 0 Å².